The number of hydrogen-bond acceptors (Lipinski definition) is 3. The molecule has 0 aromatic carbocycles. The summed E-state index contributed by atoms with van der Waals surface area (Å²) in [7, 11) is 0. The number of amides is 1. The third kappa shape index (κ3) is 2.95. The number of carbonyl (C=O) groups excluding carboxylic acids is 1. The van der Waals surface area contributed by atoms with Gasteiger partial charge in [-0.25, -0.2) is 0 Å². The molecule has 4 nitrogen and oxygen atoms in total. The van der Waals surface area contributed by atoms with Crippen molar-refractivity contribution in [1.29, 1.82) is 0 Å². The Hall–Kier alpha value is -1.14. The second-order valence-electron chi connectivity index (χ2n) is 3.57. The summed E-state index contributed by atoms with van der Waals surface area (Å²) >= 11 is 5.05. The number of carbonyl (C=O) groups is 1. The zero-order chi connectivity index (χ0) is 12.3. The van der Waals surface area contributed by atoms with Gasteiger partial charge in [0.2, 0.25) is 5.91 Å². The molecular weight excluding hydrogens is 302 g/mol. The van der Waals surface area contributed by atoms with E-state index in [9.17, 15) is 4.79 Å². The normalized spacial score (nSPS) is 12.4. The van der Waals surface area contributed by atoms with Gasteiger partial charge in [0.1, 0.15) is 6.04 Å². The molecule has 17 heavy (non-hydrogen) atoms. The highest BCUT2D eigenvalue weighted by Crippen LogP contribution is 2.22. The minimum atomic E-state index is -0.288. The molecule has 1 unspecified atom stereocenters. The zero-order valence-corrected chi connectivity index (χ0v) is 11.7. The van der Waals surface area contributed by atoms with Crippen molar-refractivity contribution in [3.63, 3.8) is 0 Å². The Bertz CT molecular complexity index is 495. The Morgan fingerprint density at radius 3 is 3.12 bits per heavy atom. The van der Waals surface area contributed by atoms with Crippen LogP contribution in [0.15, 0.2) is 34.4 Å². The molecule has 0 saturated heterocycles. The average molecular weight is 314 g/mol. The summed E-state index contributed by atoms with van der Waals surface area (Å²) in [5.41, 5.74) is 0. The number of thiophene rings is 1. The summed E-state index contributed by atoms with van der Waals surface area (Å²) in [4.78, 5) is 13.0. The fourth-order valence-electron chi connectivity index (χ4n) is 1.40. The lowest BCUT2D eigenvalue weighted by Gasteiger charge is -2.12. The number of nitrogens with one attached hydrogen (secondary N) is 1. The van der Waals surface area contributed by atoms with Crippen molar-refractivity contribution < 1.29 is 4.79 Å². The molecule has 90 valence electrons. The first-order valence-electron chi connectivity index (χ1n) is 5.17. The van der Waals surface area contributed by atoms with E-state index in [1.807, 2.05) is 18.4 Å². The highest BCUT2D eigenvalue weighted by Gasteiger charge is 2.14. The zero-order valence-electron chi connectivity index (χ0n) is 9.26. The highest BCUT2D eigenvalue weighted by atomic mass is 79.9. The fraction of sp³-hybridized carbons (Fsp3) is 0.273. The first kappa shape index (κ1) is 12.3. The van der Waals surface area contributed by atoms with Gasteiger partial charge in [0.05, 0.1) is 6.54 Å². The van der Waals surface area contributed by atoms with Crippen molar-refractivity contribution in [1.82, 2.24) is 15.1 Å². The summed E-state index contributed by atoms with van der Waals surface area (Å²) in [6.45, 7) is 2.37. The molecule has 1 N–H and O–H groups in total. The van der Waals surface area contributed by atoms with E-state index in [4.69, 9.17) is 0 Å². The molecule has 0 bridgehead atoms. The van der Waals surface area contributed by atoms with Crippen molar-refractivity contribution >= 4 is 33.2 Å². The molecule has 2 aromatic rings. The van der Waals surface area contributed by atoms with Crippen molar-refractivity contribution in [2.75, 3.05) is 0 Å². The van der Waals surface area contributed by atoms with Gasteiger partial charge in [-0.2, -0.15) is 5.10 Å². The van der Waals surface area contributed by atoms with Gasteiger partial charge in [0, 0.05) is 21.7 Å². The van der Waals surface area contributed by atoms with Crippen LogP contribution in [0.3, 0.4) is 0 Å². The van der Waals surface area contributed by atoms with E-state index in [1.165, 1.54) is 0 Å². The largest absolute Gasteiger partial charge is 0.349 e. The Labute approximate surface area is 112 Å². The van der Waals surface area contributed by atoms with Gasteiger partial charge in [-0.3, -0.25) is 9.48 Å². The topological polar surface area (TPSA) is 46.9 Å². The van der Waals surface area contributed by atoms with Gasteiger partial charge in [-0.15, -0.1) is 11.3 Å². The van der Waals surface area contributed by atoms with E-state index >= 15 is 0 Å². The van der Waals surface area contributed by atoms with Crippen molar-refractivity contribution in [3.05, 3.63) is 39.3 Å². The summed E-state index contributed by atoms with van der Waals surface area (Å²) in [5, 5.41) is 8.93. The molecule has 1 amide bonds. The van der Waals surface area contributed by atoms with Crippen LogP contribution in [0.1, 0.15) is 17.8 Å². The number of halogens is 1. The van der Waals surface area contributed by atoms with Crippen LogP contribution >= 0.6 is 27.3 Å². The van der Waals surface area contributed by atoms with Crippen molar-refractivity contribution in [2.24, 2.45) is 0 Å². The van der Waals surface area contributed by atoms with Gasteiger partial charge in [-0.1, -0.05) is 0 Å². The van der Waals surface area contributed by atoms with Gasteiger partial charge in [-0.05, 0) is 40.4 Å². The molecule has 0 aliphatic rings. The maximum absolute atomic E-state index is 11.9. The van der Waals surface area contributed by atoms with Crippen LogP contribution in [0.5, 0.6) is 0 Å². The molecule has 2 rings (SSSR count). The number of hydrogen-bond donors (Lipinski definition) is 1. The molecule has 2 heterocycles. The van der Waals surface area contributed by atoms with E-state index < -0.39 is 0 Å². The van der Waals surface area contributed by atoms with Gasteiger partial charge in [0.25, 0.3) is 0 Å². The molecule has 0 spiro atoms. The molecule has 0 radical (unpaired) electrons. The minimum Gasteiger partial charge on any atom is -0.349 e. The maximum Gasteiger partial charge on any atom is 0.244 e. The second-order valence-corrected chi connectivity index (χ2v) is 5.43. The highest BCUT2D eigenvalue weighted by molar-refractivity contribution is 9.10. The first-order chi connectivity index (χ1) is 8.18. The Morgan fingerprint density at radius 1 is 1.71 bits per heavy atom. The second kappa shape index (κ2) is 5.46. The van der Waals surface area contributed by atoms with Crippen LogP contribution in [0.25, 0.3) is 0 Å². The lowest BCUT2D eigenvalue weighted by atomic mass is 10.3. The monoisotopic (exact) mass is 313 g/mol. The summed E-state index contributed by atoms with van der Waals surface area (Å²) in [6, 6.07) is 3.49. The predicted molar refractivity (Wildman–Crippen MR) is 70.8 cm³/mol. The lowest BCUT2D eigenvalue weighted by molar-refractivity contribution is -0.124. The molecule has 0 saturated carbocycles. The third-order valence-corrected chi connectivity index (χ3v) is 4.34. The van der Waals surface area contributed by atoms with Gasteiger partial charge < -0.3 is 5.32 Å². The van der Waals surface area contributed by atoms with Crippen LogP contribution in [-0.2, 0) is 11.3 Å². The Balaban J connectivity index is 1.92. The summed E-state index contributed by atoms with van der Waals surface area (Å²) < 4.78 is 2.67. The van der Waals surface area contributed by atoms with E-state index in [-0.39, 0.29) is 11.9 Å². The predicted octanol–water partition coefficient (Wildman–Crippen LogP) is 2.58. The lowest BCUT2D eigenvalue weighted by Crippen LogP contribution is -2.30. The molecule has 6 heteroatoms. The van der Waals surface area contributed by atoms with Crippen LogP contribution in [0, 0.1) is 0 Å². The average Bonchev–Trinajstić information content (AvgIpc) is 2.96. The maximum atomic E-state index is 11.9. The quantitative estimate of drug-likeness (QED) is 0.943. The number of aromatic nitrogens is 2. The standard InChI is InChI=1S/C11H12BrN3OS/c1-8(15-5-2-4-14-15)11(16)13-7-10-9(12)3-6-17-10/h2-6,8H,7H2,1H3,(H,13,16). The van der Waals surface area contributed by atoms with Crippen LogP contribution in [0.4, 0.5) is 0 Å². The molecule has 0 fully saturated rings. The summed E-state index contributed by atoms with van der Waals surface area (Å²) in [5.74, 6) is -0.0333. The molecular formula is C11H12BrN3OS. The smallest absolute Gasteiger partial charge is 0.244 e. The Kier molecular flexibility index (Phi) is 3.96. The van der Waals surface area contributed by atoms with Gasteiger partial charge >= 0.3 is 0 Å². The van der Waals surface area contributed by atoms with Gasteiger partial charge in [0.15, 0.2) is 0 Å². The van der Waals surface area contributed by atoms with Crippen LogP contribution < -0.4 is 5.32 Å². The molecule has 1 atom stereocenters. The van der Waals surface area contributed by atoms with Crippen LogP contribution in [0.2, 0.25) is 0 Å². The molecule has 0 aliphatic carbocycles. The number of rotatable bonds is 4. The number of nitrogens with zero attached hydrogens (tertiary/aromatic N) is 2. The van der Waals surface area contributed by atoms with E-state index in [2.05, 4.69) is 26.3 Å². The van der Waals surface area contributed by atoms with Crippen LogP contribution in [-0.4, -0.2) is 15.7 Å². The Morgan fingerprint density at radius 2 is 2.53 bits per heavy atom. The summed E-state index contributed by atoms with van der Waals surface area (Å²) in [6.07, 6.45) is 3.45. The fourth-order valence-corrected chi connectivity index (χ4v) is 2.83. The van der Waals surface area contributed by atoms with Crippen molar-refractivity contribution in [2.45, 2.75) is 19.5 Å². The molecule has 2 aromatic heterocycles. The van der Waals surface area contributed by atoms with E-state index in [0.717, 1.165) is 9.35 Å². The first-order valence-corrected chi connectivity index (χ1v) is 6.84. The van der Waals surface area contributed by atoms with E-state index in [1.54, 1.807) is 34.5 Å². The van der Waals surface area contributed by atoms with Crippen molar-refractivity contribution in [3.8, 4) is 0 Å². The molecule has 0 aliphatic heterocycles. The third-order valence-electron chi connectivity index (χ3n) is 2.42. The minimum absolute atomic E-state index is 0.0333. The SMILES string of the molecule is CC(C(=O)NCc1sccc1Br)n1cccn1. The van der Waals surface area contributed by atoms with E-state index in [0.29, 0.717) is 6.54 Å².